The van der Waals surface area contributed by atoms with E-state index in [1.807, 2.05) is 0 Å². The molecule has 1 saturated carbocycles. The summed E-state index contributed by atoms with van der Waals surface area (Å²) in [6.45, 7) is 4.14. The summed E-state index contributed by atoms with van der Waals surface area (Å²) in [5.74, 6) is 2.84. The highest BCUT2D eigenvalue weighted by molar-refractivity contribution is 4.93. The van der Waals surface area contributed by atoms with E-state index >= 15 is 0 Å². The van der Waals surface area contributed by atoms with Crippen LogP contribution in [0, 0.1) is 5.92 Å². The lowest BCUT2D eigenvalue weighted by molar-refractivity contribution is 0.301. The summed E-state index contributed by atoms with van der Waals surface area (Å²) in [6.07, 6.45) is 5.06. The Bertz CT molecular complexity index is 276. The van der Waals surface area contributed by atoms with Crippen LogP contribution in [0.5, 0.6) is 0 Å². The van der Waals surface area contributed by atoms with Crippen LogP contribution in [-0.4, -0.2) is 10.1 Å². The molecule has 0 atom stereocenters. The smallest absolute Gasteiger partial charge is 0.229 e. The molecule has 0 bridgehead atoms. The van der Waals surface area contributed by atoms with E-state index in [9.17, 15) is 0 Å². The molecule has 0 radical (unpaired) electrons. The van der Waals surface area contributed by atoms with Crippen LogP contribution in [0.15, 0.2) is 4.52 Å². The van der Waals surface area contributed by atoms with Gasteiger partial charge in [0, 0.05) is 12.3 Å². The minimum atomic E-state index is 0.350. The van der Waals surface area contributed by atoms with Crippen LogP contribution < -0.4 is 0 Å². The second-order valence-electron chi connectivity index (χ2n) is 4.20. The molecular formula is C10H16N2O. The number of nitrogens with zero attached hydrogens (tertiary/aromatic N) is 2. The largest absolute Gasteiger partial charge is 0.339 e. The van der Waals surface area contributed by atoms with Crippen LogP contribution in [0.3, 0.4) is 0 Å². The Labute approximate surface area is 78.5 Å². The number of rotatable bonds is 3. The van der Waals surface area contributed by atoms with Gasteiger partial charge in [0.25, 0.3) is 0 Å². The summed E-state index contributed by atoms with van der Waals surface area (Å²) in [5.41, 5.74) is 0. The molecule has 72 valence electrons. The molecule has 0 aliphatic heterocycles. The van der Waals surface area contributed by atoms with Gasteiger partial charge in [0.05, 0.1) is 0 Å². The first kappa shape index (κ1) is 8.73. The van der Waals surface area contributed by atoms with E-state index in [2.05, 4.69) is 24.0 Å². The fourth-order valence-corrected chi connectivity index (χ4v) is 1.54. The van der Waals surface area contributed by atoms with Crippen molar-refractivity contribution in [3.05, 3.63) is 11.7 Å². The van der Waals surface area contributed by atoms with Crippen molar-refractivity contribution in [2.45, 2.75) is 45.4 Å². The lowest BCUT2D eigenvalue weighted by Gasteiger charge is -2.23. The predicted molar refractivity (Wildman–Crippen MR) is 49.4 cm³/mol. The Morgan fingerprint density at radius 2 is 2.23 bits per heavy atom. The van der Waals surface area contributed by atoms with E-state index in [0.717, 1.165) is 24.1 Å². The molecule has 2 rings (SSSR count). The minimum Gasteiger partial charge on any atom is -0.339 e. The maximum atomic E-state index is 5.13. The maximum absolute atomic E-state index is 5.13. The SMILES string of the molecule is CC(C)c1nc(CC2CCC2)no1. The van der Waals surface area contributed by atoms with Crippen molar-refractivity contribution in [3.8, 4) is 0 Å². The third-order valence-electron chi connectivity index (χ3n) is 2.67. The number of hydrogen-bond acceptors (Lipinski definition) is 3. The Hall–Kier alpha value is -0.860. The summed E-state index contributed by atoms with van der Waals surface area (Å²) in [4.78, 5) is 4.35. The molecule has 1 aliphatic carbocycles. The Balaban J connectivity index is 1.96. The molecule has 3 heteroatoms. The van der Waals surface area contributed by atoms with Crippen LogP contribution in [-0.2, 0) is 6.42 Å². The quantitative estimate of drug-likeness (QED) is 0.717. The second-order valence-corrected chi connectivity index (χ2v) is 4.20. The van der Waals surface area contributed by atoms with E-state index in [1.165, 1.54) is 19.3 Å². The molecule has 13 heavy (non-hydrogen) atoms. The van der Waals surface area contributed by atoms with E-state index in [-0.39, 0.29) is 0 Å². The summed E-state index contributed by atoms with van der Waals surface area (Å²) in [6, 6.07) is 0. The van der Waals surface area contributed by atoms with Crippen LogP contribution in [0.1, 0.15) is 50.7 Å². The minimum absolute atomic E-state index is 0.350. The van der Waals surface area contributed by atoms with E-state index in [4.69, 9.17) is 4.52 Å². The van der Waals surface area contributed by atoms with Crippen LogP contribution >= 0.6 is 0 Å². The van der Waals surface area contributed by atoms with Gasteiger partial charge < -0.3 is 4.52 Å². The van der Waals surface area contributed by atoms with Gasteiger partial charge in [-0.15, -0.1) is 0 Å². The topological polar surface area (TPSA) is 38.9 Å². The number of hydrogen-bond donors (Lipinski definition) is 0. The highest BCUT2D eigenvalue weighted by Gasteiger charge is 2.20. The monoisotopic (exact) mass is 180 g/mol. The fourth-order valence-electron chi connectivity index (χ4n) is 1.54. The molecular weight excluding hydrogens is 164 g/mol. The molecule has 0 amide bonds. The first-order chi connectivity index (χ1) is 6.25. The van der Waals surface area contributed by atoms with Crippen molar-refractivity contribution in [1.29, 1.82) is 0 Å². The van der Waals surface area contributed by atoms with Gasteiger partial charge in [0.2, 0.25) is 5.89 Å². The third-order valence-corrected chi connectivity index (χ3v) is 2.67. The van der Waals surface area contributed by atoms with E-state index in [0.29, 0.717) is 5.92 Å². The summed E-state index contributed by atoms with van der Waals surface area (Å²) < 4.78 is 5.13. The van der Waals surface area contributed by atoms with Crippen LogP contribution in [0.4, 0.5) is 0 Å². The van der Waals surface area contributed by atoms with Crippen molar-refractivity contribution in [2.24, 2.45) is 5.92 Å². The summed E-state index contributed by atoms with van der Waals surface area (Å²) in [7, 11) is 0. The molecule has 1 fully saturated rings. The van der Waals surface area contributed by atoms with Crippen LogP contribution in [0.2, 0.25) is 0 Å². The van der Waals surface area contributed by atoms with Gasteiger partial charge in [0.1, 0.15) is 0 Å². The van der Waals surface area contributed by atoms with Gasteiger partial charge in [-0.1, -0.05) is 38.3 Å². The molecule has 0 aromatic carbocycles. The average Bonchev–Trinajstić information content (AvgIpc) is 2.44. The lowest BCUT2D eigenvalue weighted by atomic mass is 9.83. The van der Waals surface area contributed by atoms with Crippen molar-refractivity contribution in [2.75, 3.05) is 0 Å². The van der Waals surface area contributed by atoms with Crippen molar-refractivity contribution in [1.82, 2.24) is 10.1 Å². The van der Waals surface area contributed by atoms with Gasteiger partial charge in [-0.3, -0.25) is 0 Å². The lowest BCUT2D eigenvalue weighted by Crippen LogP contribution is -2.14. The Morgan fingerprint density at radius 3 is 2.69 bits per heavy atom. The molecule has 1 aromatic rings. The molecule has 1 aliphatic rings. The predicted octanol–water partition coefficient (Wildman–Crippen LogP) is 2.54. The van der Waals surface area contributed by atoms with Gasteiger partial charge >= 0.3 is 0 Å². The van der Waals surface area contributed by atoms with E-state index in [1.54, 1.807) is 0 Å². The Morgan fingerprint density at radius 1 is 1.46 bits per heavy atom. The zero-order valence-corrected chi connectivity index (χ0v) is 8.29. The fraction of sp³-hybridized carbons (Fsp3) is 0.800. The highest BCUT2D eigenvalue weighted by Crippen LogP contribution is 2.29. The first-order valence-electron chi connectivity index (χ1n) is 5.08. The zero-order valence-electron chi connectivity index (χ0n) is 8.29. The average molecular weight is 180 g/mol. The zero-order chi connectivity index (χ0) is 9.26. The molecule has 3 nitrogen and oxygen atoms in total. The summed E-state index contributed by atoms with van der Waals surface area (Å²) >= 11 is 0. The first-order valence-corrected chi connectivity index (χ1v) is 5.08. The standard InChI is InChI=1S/C10H16N2O/c1-7(2)10-11-9(12-13-10)6-8-4-3-5-8/h7-8H,3-6H2,1-2H3. The van der Waals surface area contributed by atoms with E-state index < -0.39 is 0 Å². The summed E-state index contributed by atoms with van der Waals surface area (Å²) in [5, 5.41) is 3.97. The molecule has 0 N–H and O–H groups in total. The highest BCUT2D eigenvalue weighted by atomic mass is 16.5. The Kier molecular flexibility index (Phi) is 2.34. The molecule has 1 aromatic heterocycles. The van der Waals surface area contributed by atoms with Gasteiger partial charge in [0.15, 0.2) is 5.82 Å². The molecule has 1 heterocycles. The molecule has 0 spiro atoms. The van der Waals surface area contributed by atoms with Gasteiger partial charge in [-0.05, 0) is 5.92 Å². The molecule has 0 unspecified atom stereocenters. The van der Waals surface area contributed by atoms with Gasteiger partial charge in [-0.25, -0.2) is 0 Å². The van der Waals surface area contributed by atoms with Crippen LogP contribution in [0.25, 0.3) is 0 Å². The number of aromatic nitrogens is 2. The third kappa shape index (κ3) is 1.90. The maximum Gasteiger partial charge on any atom is 0.229 e. The second kappa shape index (κ2) is 3.48. The van der Waals surface area contributed by atoms with Crippen molar-refractivity contribution >= 4 is 0 Å². The van der Waals surface area contributed by atoms with Crippen molar-refractivity contribution < 1.29 is 4.52 Å². The molecule has 0 saturated heterocycles. The normalized spacial score (nSPS) is 17.8. The van der Waals surface area contributed by atoms with Crippen molar-refractivity contribution in [3.63, 3.8) is 0 Å². The van der Waals surface area contributed by atoms with Gasteiger partial charge in [-0.2, -0.15) is 4.98 Å².